The van der Waals surface area contributed by atoms with Crippen molar-refractivity contribution in [2.24, 2.45) is 11.3 Å². The molecule has 1 aromatic carbocycles. The molecule has 5 nitrogen and oxygen atoms in total. The third-order valence-electron chi connectivity index (χ3n) is 5.37. The summed E-state index contributed by atoms with van der Waals surface area (Å²) in [6.45, 7) is 8.07. The van der Waals surface area contributed by atoms with Crippen LogP contribution in [0.25, 0.3) is 0 Å². The molecule has 3 rings (SSSR count). The van der Waals surface area contributed by atoms with Crippen molar-refractivity contribution in [1.82, 2.24) is 10.2 Å². The van der Waals surface area contributed by atoms with Crippen LogP contribution in [0.5, 0.6) is 0 Å². The zero-order valence-corrected chi connectivity index (χ0v) is 17.6. The van der Waals surface area contributed by atoms with Crippen LogP contribution in [-0.2, 0) is 9.59 Å². The van der Waals surface area contributed by atoms with Gasteiger partial charge >= 0.3 is 0 Å². The number of hydrogen-bond donors (Lipinski definition) is 2. The van der Waals surface area contributed by atoms with Crippen molar-refractivity contribution in [2.45, 2.75) is 45.6 Å². The molecule has 2 aliphatic rings. The quantitative estimate of drug-likeness (QED) is 0.788. The number of nitrogens with zero attached hydrogens (tertiary/aromatic N) is 1. The van der Waals surface area contributed by atoms with Crippen LogP contribution in [0.15, 0.2) is 18.2 Å². The molecule has 7 heteroatoms. The molecule has 0 aromatic heterocycles. The molecule has 1 spiro atoms. The summed E-state index contributed by atoms with van der Waals surface area (Å²) in [7, 11) is 0. The zero-order valence-electron chi connectivity index (χ0n) is 16.1. The number of hydrogen-bond acceptors (Lipinski definition) is 3. The lowest BCUT2D eigenvalue weighted by molar-refractivity contribution is -0.124. The van der Waals surface area contributed by atoms with Gasteiger partial charge < -0.3 is 10.6 Å². The van der Waals surface area contributed by atoms with E-state index in [0.717, 1.165) is 32.4 Å². The van der Waals surface area contributed by atoms with Crippen molar-refractivity contribution in [1.29, 1.82) is 0 Å². The fourth-order valence-electron chi connectivity index (χ4n) is 3.94. The van der Waals surface area contributed by atoms with Crippen molar-refractivity contribution >= 4 is 40.7 Å². The summed E-state index contributed by atoms with van der Waals surface area (Å²) in [5.74, 6) is 0.120. The number of rotatable bonds is 4. The van der Waals surface area contributed by atoms with Crippen molar-refractivity contribution in [3.05, 3.63) is 28.2 Å². The second-order valence-corrected chi connectivity index (χ2v) is 9.71. The molecule has 1 aromatic rings. The Kier molecular flexibility index (Phi) is 5.76. The SMILES string of the molecule is CC(C)(C)NC(=O)CN1CCC2(CC1)C[C@@H]2C(=O)Nc1cc(Cl)cc(Cl)c1. The third-order valence-corrected chi connectivity index (χ3v) is 5.81. The van der Waals surface area contributed by atoms with Crippen LogP contribution >= 0.6 is 23.2 Å². The number of amides is 2. The van der Waals surface area contributed by atoms with Crippen molar-refractivity contribution in [2.75, 3.05) is 25.0 Å². The van der Waals surface area contributed by atoms with Gasteiger partial charge in [0.05, 0.1) is 6.54 Å². The molecule has 0 unspecified atom stereocenters. The number of benzene rings is 1. The number of piperidine rings is 1. The molecule has 1 aliphatic carbocycles. The Hall–Kier alpha value is -1.30. The molecule has 1 atom stereocenters. The highest BCUT2D eigenvalue weighted by Gasteiger charge is 2.58. The van der Waals surface area contributed by atoms with Gasteiger partial charge in [0, 0.05) is 27.2 Å². The van der Waals surface area contributed by atoms with E-state index < -0.39 is 0 Å². The van der Waals surface area contributed by atoms with E-state index in [1.54, 1.807) is 18.2 Å². The maximum Gasteiger partial charge on any atom is 0.234 e. The van der Waals surface area contributed by atoms with Gasteiger partial charge in [0.25, 0.3) is 0 Å². The average molecular weight is 412 g/mol. The van der Waals surface area contributed by atoms with E-state index in [0.29, 0.717) is 22.3 Å². The van der Waals surface area contributed by atoms with E-state index in [9.17, 15) is 9.59 Å². The monoisotopic (exact) mass is 411 g/mol. The van der Waals surface area contributed by atoms with Gasteiger partial charge in [0.15, 0.2) is 0 Å². The number of carbonyl (C=O) groups is 2. The van der Waals surface area contributed by atoms with Crippen LogP contribution in [0, 0.1) is 11.3 Å². The predicted molar refractivity (Wildman–Crippen MR) is 109 cm³/mol. The van der Waals surface area contributed by atoms with Crippen molar-refractivity contribution in [3.8, 4) is 0 Å². The molecule has 27 heavy (non-hydrogen) atoms. The molecule has 2 fully saturated rings. The first-order chi connectivity index (χ1) is 12.6. The number of likely N-dealkylation sites (tertiary alicyclic amines) is 1. The Morgan fingerprint density at radius 1 is 1.15 bits per heavy atom. The first kappa shape index (κ1) is 20.4. The van der Waals surface area contributed by atoms with Crippen LogP contribution < -0.4 is 10.6 Å². The maximum atomic E-state index is 12.6. The molecule has 0 radical (unpaired) electrons. The second kappa shape index (κ2) is 7.61. The summed E-state index contributed by atoms with van der Waals surface area (Å²) >= 11 is 12.0. The first-order valence-corrected chi connectivity index (χ1v) is 10.1. The Labute approximate surface area is 170 Å². The van der Waals surface area contributed by atoms with Crippen LogP contribution in [0.2, 0.25) is 10.0 Å². The highest BCUT2D eigenvalue weighted by atomic mass is 35.5. The van der Waals surface area contributed by atoms with Gasteiger partial charge in [-0.1, -0.05) is 23.2 Å². The van der Waals surface area contributed by atoms with Crippen LogP contribution in [0.1, 0.15) is 40.0 Å². The molecule has 1 saturated carbocycles. The van der Waals surface area contributed by atoms with E-state index in [1.807, 2.05) is 20.8 Å². The standard InChI is InChI=1S/C20H27Cl2N3O2/c1-19(2,3)24-17(26)12-25-6-4-20(5-7-25)11-16(20)18(27)23-15-9-13(21)8-14(22)10-15/h8-10,16H,4-7,11-12H2,1-3H3,(H,23,27)(H,24,26)/t16-/m1/s1. The van der Waals surface area contributed by atoms with Crippen LogP contribution in [-0.4, -0.2) is 41.9 Å². The minimum absolute atomic E-state index is 0.0285. The Morgan fingerprint density at radius 3 is 2.30 bits per heavy atom. The van der Waals surface area contributed by atoms with Gasteiger partial charge in [0.2, 0.25) is 11.8 Å². The summed E-state index contributed by atoms with van der Waals surface area (Å²) in [5.41, 5.74) is 0.510. The highest BCUT2D eigenvalue weighted by Crippen LogP contribution is 2.59. The maximum absolute atomic E-state index is 12.6. The van der Waals surface area contributed by atoms with Crippen LogP contribution in [0.3, 0.4) is 0 Å². The van der Waals surface area contributed by atoms with Gasteiger partial charge in [0.1, 0.15) is 0 Å². The summed E-state index contributed by atoms with van der Waals surface area (Å²) in [6, 6.07) is 5.05. The summed E-state index contributed by atoms with van der Waals surface area (Å²) in [4.78, 5) is 26.9. The largest absolute Gasteiger partial charge is 0.350 e. The van der Waals surface area contributed by atoms with Gasteiger partial charge in [-0.05, 0) is 76.7 Å². The third kappa shape index (κ3) is 5.37. The Bertz CT molecular complexity index is 717. The lowest BCUT2D eigenvalue weighted by atomic mass is 9.90. The molecule has 1 saturated heterocycles. The lowest BCUT2D eigenvalue weighted by Gasteiger charge is -2.33. The van der Waals surface area contributed by atoms with E-state index in [1.165, 1.54) is 0 Å². The van der Waals surface area contributed by atoms with Crippen molar-refractivity contribution in [3.63, 3.8) is 0 Å². The van der Waals surface area contributed by atoms with Gasteiger partial charge in [-0.2, -0.15) is 0 Å². The lowest BCUT2D eigenvalue weighted by Crippen LogP contribution is -2.47. The Balaban J connectivity index is 1.48. The molecule has 148 valence electrons. The molecule has 0 bridgehead atoms. The summed E-state index contributed by atoms with van der Waals surface area (Å²) in [6.07, 6.45) is 2.81. The molecular formula is C20H27Cl2N3O2. The Morgan fingerprint density at radius 2 is 1.74 bits per heavy atom. The van der Waals surface area contributed by atoms with E-state index in [2.05, 4.69) is 15.5 Å². The molecule has 2 N–H and O–H groups in total. The number of anilines is 1. The van der Waals surface area contributed by atoms with Gasteiger partial charge in [-0.25, -0.2) is 0 Å². The van der Waals surface area contributed by atoms with E-state index in [4.69, 9.17) is 23.2 Å². The zero-order chi connectivity index (χ0) is 19.8. The number of halogens is 2. The van der Waals surface area contributed by atoms with Crippen LogP contribution in [0.4, 0.5) is 5.69 Å². The van der Waals surface area contributed by atoms with Gasteiger partial charge in [-0.3, -0.25) is 14.5 Å². The van der Waals surface area contributed by atoms with E-state index in [-0.39, 0.29) is 28.7 Å². The average Bonchev–Trinajstić information content (AvgIpc) is 3.21. The minimum atomic E-state index is -0.211. The second-order valence-electron chi connectivity index (χ2n) is 8.84. The highest BCUT2D eigenvalue weighted by molar-refractivity contribution is 6.35. The fraction of sp³-hybridized carbons (Fsp3) is 0.600. The molecule has 1 aliphatic heterocycles. The van der Waals surface area contributed by atoms with E-state index >= 15 is 0 Å². The first-order valence-electron chi connectivity index (χ1n) is 9.37. The summed E-state index contributed by atoms with van der Waals surface area (Å²) in [5, 5.41) is 6.95. The smallest absolute Gasteiger partial charge is 0.234 e. The minimum Gasteiger partial charge on any atom is -0.350 e. The van der Waals surface area contributed by atoms with Crippen molar-refractivity contribution < 1.29 is 9.59 Å². The number of nitrogens with one attached hydrogen (secondary N) is 2. The summed E-state index contributed by atoms with van der Waals surface area (Å²) < 4.78 is 0. The molecular weight excluding hydrogens is 385 g/mol. The molecule has 1 heterocycles. The van der Waals surface area contributed by atoms with Gasteiger partial charge in [-0.15, -0.1) is 0 Å². The molecule has 2 amide bonds. The normalized spacial score (nSPS) is 21.7. The number of carbonyl (C=O) groups excluding carboxylic acids is 2. The topological polar surface area (TPSA) is 61.4 Å². The predicted octanol–water partition coefficient (Wildman–Crippen LogP) is 3.95. The fourth-order valence-corrected chi connectivity index (χ4v) is 4.47.